The zero-order chi connectivity index (χ0) is 51.1. The minimum Gasteiger partial charge on any atom is -0.477 e. The Morgan fingerprint density at radius 1 is 0.676 bits per heavy atom. The highest BCUT2D eigenvalue weighted by atomic mass is 16.8. The van der Waals surface area contributed by atoms with E-state index in [0.717, 1.165) is 13.8 Å². The van der Waals surface area contributed by atoms with Gasteiger partial charge in [0.25, 0.3) is 5.79 Å². The summed E-state index contributed by atoms with van der Waals surface area (Å²) in [6, 6.07) is -3.41. The van der Waals surface area contributed by atoms with Crippen LogP contribution in [0.3, 0.4) is 0 Å². The third-order valence-electron chi connectivity index (χ3n) is 11.6. The zero-order valence-electron chi connectivity index (χ0n) is 36.2. The van der Waals surface area contributed by atoms with Gasteiger partial charge in [0.15, 0.2) is 25.2 Å². The van der Waals surface area contributed by atoms with E-state index in [0.29, 0.717) is 0 Å². The third kappa shape index (κ3) is 13.0. The van der Waals surface area contributed by atoms with Crippen molar-refractivity contribution in [1.82, 2.24) is 10.6 Å². The minimum absolute atomic E-state index is 0.140. The third-order valence-corrected chi connectivity index (χ3v) is 11.6. The van der Waals surface area contributed by atoms with Gasteiger partial charge in [-0.1, -0.05) is 0 Å². The molecule has 4 rings (SSSR count). The molecular formula is C37H62N2O29. The molecule has 19 N–H and O–H groups in total. The normalized spacial score (nSPS) is 41.6. The van der Waals surface area contributed by atoms with E-state index < -0.39 is 210 Å². The first kappa shape index (κ1) is 57.7. The van der Waals surface area contributed by atoms with Crippen LogP contribution in [0.4, 0.5) is 0 Å². The Bertz CT molecular complexity index is 1640. The van der Waals surface area contributed by atoms with Gasteiger partial charge in [0.2, 0.25) is 11.8 Å². The van der Waals surface area contributed by atoms with Crippen molar-refractivity contribution >= 4 is 24.1 Å². The van der Waals surface area contributed by atoms with Crippen LogP contribution in [0.2, 0.25) is 0 Å². The standard InChI is InChI=1S/C37H62N2O29/c1-10(45)38-19-12(47)3-37(36(59)60,68-31(19)22(52)14(49)5-41)61-9-18-23(53)26(56)27(57)34(64-18)66-30-17(8-44)63-33(20(25(30)55)39-11(2)46)67-32-24(54)16(7-43)62-35(28(32)58)65-29(15(50)6-42)21(51)13(48)4-40/h4,12-35,41-44,47-58H,3,5-9H2,1-2H3,(H,38,45)(H,39,46)(H,59,60)/t12-,13-,14+,15+,16+,17+,18+,19+,20+,21+,22+,23-,24-,25+,26-,27+,28+,29+,30+,31+,32-,33-,34-,35-,37+/m0/s1. The average Bonchev–Trinajstić information content (AvgIpc) is 3.30. The van der Waals surface area contributed by atoms with Crippen molar-refractivity contribution in [3.05, 3.63) is 0 Å². The van der Waals surface area contributed by atoms with E-state index in [1.807, 2.05) is 0 Å². The summed E-state index contributed by atoms with van der Waals surface area (Å²) in [7, 11) is 0. The van der Waals surface area contributed by atoms with Crippen LogP contribution in [0.25, 0.3) is 0 Å². The Morgan fingerprint density at radius 2 is 1.24 bits per heavy atom. The highest BCUT2D eigenvalue weighted by molar-refractivity contribution is 5.76. The number of carboxylic acid groups (broad SMARTS) is 1. The Kier molecular flexibility index (Phi) is 21.2. The Labute approximate surface area is 384 Å². The molecule has 0 aromatic rings. The van der Waals surface area contributed by atoms with Crippen LogP contribution >= 0.6 is 0 Å². The second kappa shape index (κ2) is 25.0. The van der Waals surface area contributed by atoms with E-state index in [-0.39, 0.29) is 6.29 Å². The summed E-state index contributed by atoms with van der Waals surface area (Å²) in [6.07, 6.45) is -46.3. The maximum atomic E-state index is 12.7. The number of aldehydes is 1. The molecule has 4 fully saturated rings. The molecule has 4 aliphatic heterocycles. The summed E-state index contributed by atoms with van der Waals surface area (Å²) in [4.78, 5) is 48.2. The molecule has 0 aliphatic carbocycles. The smallest absolute Gasteiger partial charge is 0.364 e. The number of ether oxygens (including phenoxy) is 8. The molecule has 0 bridgehead atoms. The van der Waals surface area contributed by atoms with Gasteiger partial charge in [-0.2, -0.15) is 0 Å². The molecule has 31 heteroatoms. The topological polar surface area (TPSA) is 510 Å². The summed E-state index contributed by atoms with van der Waals surface area (Å²) in [5, 5.41) is 183. The number of carbonyl (C=O) groups excluding carboxylic acids is 3. The monoisotopic (exact) mass is 998 g/mol. The number of hydrogen-bond donors (Lipinski definition) is 19. The largest absolute Gasteiger partial charge is 0.477 e. The maximum absolute atomic E-state index is 12.7. The van der Waals surface area contributed by atoms with Crippen molar-refractivity contribution in [2.24, 2.45) is 0 Å². The van der Waals surface area contributed by atoms with Gasteiger partial charge in [0.1, 0.15) is 116 Å². The second-order valence-corrected chi connectivity index (χ2v) is 16.5. The van der Waals surface area contributed by atoms with Gasteiger partial charge < -0.3 is 140 Å². The van der Waals surface area contributed by atoms with Gasteiger partial charge in [-0.15, -0.1) is 0 Å². The molecular weight excluding hydrogens is 936 g/mol. The van der Waals surface area contributed by atoms with E-state index in [9.17, 15) is 106 Å². The molecule has 0 saturated carbocycles. The number of hydrogen-bond acceptors (Lipinski definition) is 28. The molecule has 0 spiro atoms. The highest BCUT2D eigenvalue weighted by Gasteiger charge is 2.58. The summed E-state index contributed by atoms with van der Waals surface area (Å²) in [6.45, 7) is -3.48. The fourth-order valence-electron chi connectivity index (χ4n) is 7.97. The molecule has 2 amide bonds. The average molecular weight is 999 g/mol. The van der Waals surface area contributed by atoms with Crippen molar-refractivity contribution in [3.8, 4) is 0 Å². The Hall–Kier alpha value is -2.88. The number of aliphatic hydroxyl groups is 16. The lowest BCUT2D eigenvalue weighted by Crippen LogP contribution is -2.70. The van der Waals surface area contributed by atoms with Gasteiger partial charge in [0, 0.05) is 20.3 Å². The molecule has 4 aliphatic rings. The van der Waals surface area contributed by atoms with E-state index in [1.54, 1.807) is 0 Å². The van der Waals surface area contributed by atoms with Gasteiger partial charge in [-0.25, -0.2) is 4.79 Å². The summed E-state index contributed by atoms with van der Waals surface area (Å²) < 4.78 is 44.8. The van der Waals surface area contributed by atoms with Crippen LogP contribution in [0.15, 0.2) is 0 Å². The molecule has 0 aromatic carbocycles. The quantitative estimate of drug-likeness (QED) is 0.0448. The number of rotatable bonds is 22. The van der Waals surface area contributed by atoms with Crippen LogP contribution in [0.5, 0.6) is 0 Å². The number of carboxylic acids is 1. The van der Waals surface area contributed by atoms with Crippen molar-refractivity contribution in [2.75, 3.05) is 33.0 Å². The van der Waals surface area contributed by atoms with Gasteiger partial charge in [-0.05, 0) is 0 Å². The zero-order valence-corrected chi connectivity index (χ0v) is 36.2. The van der Waals surface area contributed by atoms with Crippen LogP contribution in [-0.4, -0.2) is 297 Å². The lowest BCUT2D eigenvalue weighted by atomic mass is 9.88. The molecule has 4 saturated heterocycles. The molecule has 0 unspecified atom stereocenters. The number of amides is 2. The van der Waals surface area contributed by atoms with Crippen LogP contribution in [0.1, 0.15) is 20.3 Å². The van der Waals surface area contributed by atoms with Crippen LogP contribution in [-0.2, 0) is 57.1 Å². The van der Waals surface area contributed by atoms with E-state index in [2.05, 4.69) is 10.6 Å². The lowest BCUT2D eigenvalue weighted by Gasteiger charge is -2.49. The number of aliphatic carboxylic acids is 1. The summed E-state index contributed by atoms with van der Waals surface area (Å²) >= 11 is 0. The van der Waals surface area contributed by atoms with Crippen molar-refractivity contribution in [1.29, 1.82) is 0 Å². The molecule has 394 valence electrons. The molecule has 25 atom stereocenters. The van der Waals surface area contributed by atoms with Crippen molar-refractivity contribution in [3.63, 3.8) is 0 Å². The summed E-state index contributed by atoms with van der Waals surface area (Å²) in [5.74, 6) is -6.61. The first-order valence-corrected chi connectivity index (χ1v) is 21.0. The molecule has 4 heterocycles. The van der Waals surface area contributed by atoms with Crippen LogP contribution in [0, 0.1) is 0 Å². The van der Waals surface area contributed by atoms with Crippen molar-refractivity contribution in [2.45, 2.75) is 173 Å². The van der Waals surface area contributed by atoms with E-state index >= 15 is 0 Å². The first-order chi connectivity index (χ1) is 31.9. The Balaban J connectivity index is 1.58. The molecule has 0 aromatic heterocycles. The number of aliphatic hydroxyl groups excluding tert-OH is 16. The minimum atomic E-state index is -2.97. The molecule has 31 nitrogen and oxygen atoms in total. The summed E-state index contributed by atoms with van der Waals surface area (Å²) in [5.41, 5.74) is 0. The van der Waals surface area contributed by atoms with E-state index in [4.69, 9.17) is 37.9 Å². The molecule has 68 heavy (non-hydrogen) atoms. The fourth-order valence-corrected chi connectivity index (χ4v) is 7.97. The van der Waals surface area contributed by atoms with Gasteiger partial charge in [0.05, 0.1) is 45.2 Å². The molecule has 0 radical (unpaired) electrons. The predicted octanol–water partition coefficient (Wildman–Crippen LogP) is -12.6. The Morgan fingerprint density at radius 3 is 1.78 bits per heavy atom. The second-order valence-electron chi connectivity index (χ2n) is 16.5. The maximum Gasteiger partial charge on any atom is 0.364 e. The van der Waals surface area contributed by atoms with Gasteiger partial charge in [-0.3, -0.25) is 9.59 Å². The fraction of sp³-hybridized carbons (Fsp3) is 0.892. The SMILES string of the molecule is CC(=O)N[C@H]1[C@H](O[C@H]2[C@@H](O)[C@@H](CO)O[C@@H](O[C@@H]([C@H](O)[C@@H](O)C=O)[C@H](O)CO)[C@@H]2O)O[C@H](CO)[C@@H](O[C@@H]2O[C@H](CO[C@]3(C(=O)O)C[C@H](O)[C@@H](NC(C)=O)[C@H]([C@H](O)[C@H](O)CO)O3)[C@H](O)[C@H](O)[C@H]2O)[C@@H]1O. The number of nitrogens with one attached hydrogen (secondary N) is 2. The van der Waals surface area contributed by atoms with Crippen molar-refractivity contribution < 1.29 is 144 Å². The van der Waals surface area contributed by atoms with Crippen LogP contribution < -0.4 is 10.6 Å². The van der Waals surface area contributed by atoms with Gasteiger partial charge >= 0.3 is 5.97 Å². The highest BCUT2D eigenvalue weighted by Crippen LogP contribution is 2.37. The predicted molar refractivity (Wildman–Crippen MR) is 208 cm³/mol. The van der Waals surface area contributed by atoms with E-state index in [1.165, 1.54) is 0 Å². The lowest BCUT2D eigenvalue weighted by molar-refractivity contribution is -0.375. The number of carbonyl (C=O) groups is 4. The first-order valence-electron chi connectivity index (χ1n) is 21.0.